The summed E-state index contributed by atoms with van der Waals surface area (Å²) in [6.45, 7) is 1.72. The van der Waals surface area contributed by atoms with Gasteiger partial charge in [-0.1, -0.05) is 23.7 Å². The Morgan fingerprint density at radius 1 is 0.973 bits per heavy atom. The lowest BCUT2D eigenvalue weighted by Crippen LogP contribution is -2.26. The molecule has 1 heterocycles. The number of hydrogen-bond acceptors (Lipinski definition) is 6. The van der Waals surface area contributed by atoms with Crippen molar-refractivity contribution < 1.29 is 23.7 Å². The van der Waals surface area contributed by atoms with Crippen molar-refractivity contribution >= 4 is 28.5 Å². The van der Waals surface area contributed by atoms with Crippen LogP contribution in [-0.4, -0.2) is 49.9 Å². The fourth-order valence-corrected chi connectivity index (χ4v) is 4.24. The summed E-state index contributed by atoms with van der Waals surface area (Å²) < 4.78 is 24.1. The molecule has 0 aliphatic carbocycles. The lowest BCUT2D eigenvalue weighted by atomic mass is 10.1. The molecule has 0 saturated heterocycles. The van der Waals surface area contributed by atoms with Crippen molar-refractivity contribution in [1.29, 1.82) is 0 Å². The van der Waals surface area contributed by atoms with Crippen molar-refractivity contribution in [2.75, 3.05) is 34.5 Å². The van der Waals surface area contributed by atoms with Crippen molar-refractivity contribution in [2.24, 2.45) is 0 Å². The van der Waals surface area contributed by atoms with E-state index in [1.807, 2.05) is 42.5 Å². The molecule has 0 aliphatic heterocycles. The molecule has 0 saturated carbocycles. The van der Waals surface area contributed by atoms with Gasteiger partial charge in [-0.25, -0.2) is 4.98 Å². The molecule has 1 amide bonds. The number of halogens is 1. The van der Waals surface area contributed by atoms with E-state index in [1.54, 1.807) is 12.1 Å². The Hall–Kier alpha value is -3.91. The average Bonchev–Trinajstić information content (AvgIpc) is 3.28. The van der Waals surface area contributed by atoms with Crippen LogP contribution in [0.5, 0.6) is 23.0 Å². The van der Waals surface area contributed by atoms with Gasteiger partial charge in [-0.2, -0.15) is 0 Å². The van der Waals surface area contributed by atoms with Gasteiger partial charge in [-0.3, -0.25) is 4.79 Å². The first-order chi connectivity index (χ1) is 18.0. The third kappa shape index (κ3) is 6.27. The third-order valence-corrected chi connectivity index (χ3v) is 6.16. The molecule has 1 aromatic heterocycles. The molecule has 0 spiro atoms. The summed E-state index contributed by atoms with van der Waals surface area (Å²) in [5, 5.41) is 3.65. The van der Waals surface area contributed by atoms with Crippen molar-refractivity contribution in [3.8, 4) is 23.0 Å². The summed E-state index contributed by atoms with van der Waals surface area (Å²) in [5.41, 5.74) is 2.40. The summed E-state index contributed by atoms with van der Waals surface area (Å²) >= 11 is 5.94. The topological polar surface area (TPSA) is 83.8 Å². The third-order valence-electron chi connectivity index (χ3n) is 5.90. The number of ether oxygens (including phenoxy) is 4. The smallest absolute Gasteiger partial charge is 0.251 e. The number of benzene rings is 3. The largest absolute Gasteiger partial charge is 0.494 e. The van der Waals surface area contributed by atoms with E-state index in [2.05, 4.69) is 16.0 Å². The molecule has 0 bridgehead atoms. The highest BCUT2D eigenvalue weighted by Crippen LogP contribution is 2.38. The van der Waals surface area contributed by atoms with E-state index in [-0.39, 0.29) is 5.91 Å². The lowest BCUT2D eigenvalue weighted by Gasteiger charge is -2.14. The number of aryl methyl sites for hydroxylation is 1. The average molecular weight is 524 g/mol. The van der Waals surface area contributed by atoms with E-state index in [4.69, 9.17) is 35.5 Å². The van der Waals surface area contributed by atoms with Gasteiger partial charge in [0, 0.05) is 30.1 Å². The SMILES string of the molecule is COc1cc(C(=O)NCCc2nc3ccccc3n2CCCOc2ccc(Cl)cc2)cc(OC)c1OC. The molecule has 4 rings (SSSR count). The predicted octanol–water partition coefficient (Wildman–Crippen LogP) is 5.16. The number of rotatable bonds is 12. The Morgan fingerprint density at radius 3 is 2.35 bits per heavy atom. The van der Waals surface area contributed by atoms with Gasteiger partial charge >= 0.3 is 0 Å². The van der Waals surface area contributed by atoms with Crippen molar-refractivity contribution in [3.63, 3.8) is 0 Å². The van der Waals surface area contributed by atoms with Gasteiger partial charge in [-0.15, -0.1) is 0 Å². The summed E-state index contributed by atoms with van der Waals surface area (Å²) in [6, 6.07) is 18.6. The monoisotopic (exact) mass is 523 g/mol. The van der Waals surface area contributed by atoms with Crippen LogP contribution < -0.4 is 24.3 Å². The van der Waals surface area contributed by atoms with E-state index in [9.17, 15) is 4.79 Å². The minimum absolute atomic E-state index is 0.238. The number of methoxy groups -OCH3 is 3. The first-order valence-electron chi connectivity index (χ1n) is 11.9. The molecule has 0 fully saturated rings. The second-order valence-corrected chi connectivity index (χ2v) is 8.68. The standard InChI is InChI=1S/C28H30ClN3O5/c1-34-24-17-19(18-25(35-2)27(24)36-3)28(33)30-14-13-26-31-22-7-4-5-8-23(22)32(26)15-6-16-37-21-11-9-20(29)10-12-21/h4-5,7-12,17-18H,6,13-16H2,1-3H3,(H,30,33). The van der Waals surface area contributed by atoms with Crippen molar-refractivity contribution in [2.45, 2.75) is 19.4 Å². The zero-order chi connectivity index (χ0) is 26.2. The molecule has 3 aromatic carbocycles. The molecule has 0 aliphatic rings. The zero-order valence-corrected chi connectivity index (χ0v) is 21.9. The van der Waals surface area contributed by atoms with Gasteiger partial charge in [0.05, 0.1) is 39.0 Å². The number of imidazole rings is 1. The second-order valence-electron chi connectivity index (χ2n) is 8.24. The summed E-state index contributed by atoms with van der Waals surface area (Å²) in [7, 11) is 4.56. The van der Waals surface area contributed by atoms with Gasteiger partial charge in [0.1, 0.15) is 11.6 Å². The van der Waals surface area contributed by atoms with Crippen LogP contribution >= 0.6 is 11.6 Å². The van der Waals surface area contributed by atoms with Gasteiger partial charge in [-0.05, 0) is 55.0 Å². The molecule has 0 radical (unpaired) electrons. The Morgan fingerprint density at radius 2 is 1.68 bits per heavy atom. The van der Waals surface area contributed by atoms with Crippen LogP contribution in [0.25, 0.3) is 11.0 Å². The molecular weight excluding hydrogens is 494 g/mol. The summed E-state index contributed by atoms with van der Waals surface area (Å²) in [5.74, 6) is 2.74. The maximum absolute atomic E-state index is 12.9. The normalized spacial score (nSPS) is 10.8. The molecule has 0 unspecified atom stereocenters. The molecular formula is C28H30ClN3O5. The van der Waals surface area contributed by atoms with Crippen LogP contribution in [0.2, 0.25) is 5.02 Å². The van der Waals surface area contributed by atoms with Gasteiger partial charge < -0.3 is 28.8 Å². The van der Waals surface area contributed by atoms with Crippen LogP contribution in [0.3, 0.4) is 0 Å². The van der Waals surface area contributed by atoms with Crippen LogP contribution in [0.15, 0.2) is 60.7 Å². The van der Waals surface area contributed by atoms with E-state index in [0.717, 1.165) is 35.6 Å². The van der Waals surface area contributed by atoms with Crippen LogP contribution in [0, 0.1) is 0 Å². The molecule has 1 N–H and O–H groups in total. The number of hydrogen-bond donors (Lipinski definition) is 1. The number of nitrogens with zero attached hydrogens (tertiary/aromatic N) is 2. The quantitative estimate of drug-likeness (QED) is 0.258. The highest BCUT2D eigenvalue weighted by atomic mass is 35.5. The number of carbonyl (C=O) groups is 1. The number of aromatic nitrogens is 2. The summed E-state index contributed by atoms with van der Waals surface area (Å²) in [4.78, 5) is 17.7. The van der Waals surface area contributed by atoms with Gasteiger partial charge in [0.25, 0.3) is 5.91 Å². The number of carbonyl (C=O) groups excluding carboxylic acids is 1. The molecule has 9 heteroatoms. The van der Waals surface area contributed by atoms with Crippen LogP contribution in [-0.2, 0) is 13.0 Å². The highest BCUT2D eigenvalue weighted by molar-refractivity contribution is 6.30. The molecule has 4 aromatic rings. The van der Waals surface area contributed by atoms with Crippen LogP contribution in [0.4, 0.5) is 0 Å². The number of para-hydroxylation sites is 2. The maximum Gasteiger partial charge on any atom is 0.251 e. The fraction of sp³-hybridized carbons (Fsp3) is 0.286. The van der Waals surface area contributed by atoms with Crippen LogP contribution in [0.1, 0.15) is 22.6 Å². The van der Waals surface area contributed by atoms with Gasteiger partial charge in [0.15, 0.2) is 11.5 Å². The minimum atomic E-state index is -0.238. The van der Waals surface area contributed by atoms with E-state index >= 15 is 0 Å². The van der Waals surface area contributed by atoms with Crippen molar-refractivity contribution in [3.05, 3.63) is 77.1 Å². The van der Waals surface area contributed by atoms with E-state index in [1.165, 1.54) is 21.3 Å². The molecule has 0 atom stereocenters. The number of amides is 1. The second kappa shape index (κ2) is 12.4. The lowest BCUT2D eigenvalue weighted by molar-refractivity contribution is 0.0953. The van der Waals surface area contributed by atoms with E-state index < -0.39 is 0 Å². The van der Waals surface area contributed by atoms with Crippen molar-refractivity contribution in [1.82, 2.24) is 14.9 Å². The summed E-state index contributed by atoms with van der Waals surface area (Å²) in [6.07, 6.45) is 1.37. The minimum Gasteiger partial charge on any atom is -0.494 e. The molecule has 8 nitrogen and oxygen atoms in total. The Bertz CT molecular complexity index is 1330. The number of fused-ring (bicyclic) bond motifs is 1. The Labute approximate surface area is 221 Å². The van der Waals surface area contributed by atoms with Gasteiger partial charge in [0.2, 0.25) is 5.75 Å². The zero-order valence-electron chi connectivity index (χ0n) is 21.1. The number of nitrogens with one attached hydrogen (secondary N) is 1. The fourth-order valence-electron chi connectivity index (χ4n) is 4.11. The first-order valence-corrected chi connectivity index (χ1v) is 12.3. The Kier molecular flexibility index (Phi) is 8.74. The highest BCUT2D eigenvalue weighted by Gasteiger charge is 2.17. The predicted molar refractivity (Wildman–Crippen MR) is 143 cm³/mol. The maximum atomic E-state index is 12.9. The van der Waals surface area contributed by atoms with E-state index in [0.29, 0.717) is 47.4 Å². The molecule has 194 valence electrons. The first kappa shape index (κ1) is 26.2. The Balaban J connectivity index is 1.40. The molecule has 37 heavy (non-hydrogen) atoms.